The fourth-order valence-corrected chi connectivity index (χ4v) is 6.02. The second-order valence-corrected chi connectivity index (χ2v) is 10.7. The molecule has 2 aliphatic carbocycles. The number of hydrogen-bond donors (Lipinski definition) is 3. The summed E-state index contributed by atoms with van der Waals surface area (Å²) < 4.78 is 34.2. The first kappa shape index (κ1) is 26.3. The zero-order valence-electron chi connectivity index (χ0n) is 21.1. The van der Waals surface area contributed by atoms with Gasteiger partial charge in [-0.15, -0.1) is 0 Å². The Bertz CT molecular complexity index is 1290. The highest BCUT2D eigenvalue weighted by Gasteiger charge is 2.75. The van der Waals surface area contributed by atoms with Gasteiger partial charge >= 0.3 is 0 Å². The van der Waals surface area contributed by atoms with Crippen molar-refractivity contribution in [3.05, 3.63) is 30.0 Å². The van der Waals surface area contributed by atoms with E-state index in [0.717, 1.165) is 17.7 Å². The largest absolute Gasteiger partial charge is 0.496 e. The smallest absolute Gasteiger partial charge is 0.271 e. The minimum Gasteiger partial charge on any atom is -0.496 e. The molecule has 3 fully saturated rings. The fourth-order valence-electron chi connectivity index (χ4n) is 6.02. The Morgan fingerprint density at radius 1 is 1.29 bits per heavy atom. The second-order valence-electron chi connectivity index (χ2n) is 10.7. The van der Waals surface area contributed by atoms with Gasteiger partial charge in [0, 0.05) is 36.2 Å². The monoisotopic (exact) mass is 531 g/mol. The molecule has 204 valence electrons. The van der Waals surface area contributed by atoms with Gasteiger partial charge < -0.3 is 25.0 Å². The zero-order chi connectivity index (χ0) is 27.2. The van der Waals surface area contributed by atoms with Gasteiger partial charge in [0.15, 0.2) is 5.78 Å². The lowest BCUT2D eigenvalue weighted by molar-refractivity contribution is -0.133. The number of hydrogen-bond acceptors (Lipinski definition) is 6. The third kappa shape index (κ3) is 4.57. The van der Waals surface area contributed by atoms with Crippen LogP contribution in [0.3, 0.4) is 0 Å². The number of likely N-dealkylation sites (tertiary alicyclic amines) is 1. The lowest BCUT2D eigenvalue weighted by Crippen LogP contribution is -2.52. The van der Waals surface area contributed by atoms with E-state index in [9.17, 15) is 33.1 Å². The summed E-state index contributed by atoms with van der Waals surface area (Å²) in [6.07, 6.45) is 1.94. The molecule has 2 aromatic rings. The van der Waals surface area contributed by atoms with Crippen LogP contribution < -0.4 is 10.1 Å². The first-order chi connectivity index (χ1) is 18.1. The Labute approximate surface area is 217 Å². The van der Waals surface area contributed by atoms with Crippen molar-refractivity contribution in [1.82, 2.24) is 15.2 Å². The van der Waals surface area contributed by atoms with Crippen LogP contribution in [0.25, 0.3) is 10.9 Å². The number of rotatable bonds is 8. The number of aromatic nitrogens is 1. The van der Waals surface area contributed by atoms with Crippen LogP contribution in [0.2, 0.25) is 0 Å². The zero-order valence-corrected chi connectivity index (χ0v) is 21.1. The van der Waals surface area contributed by atoms with Crippen LogP contribution in [-0.2, 0) is 14.4 Å². The van der Waals surface area contributed by atoms with Crippen molar-refractivity contribution in [1.29, 1.82) is 0 Å². The van der Waals surface area contributed by atoms with Crippen LogP contribution in [-0.4, -0.2) is 76.6 Å². The van der Waals surface area contributed by atoms with E-state index in [4.69, 9.17) is 4.74 Å². The number of ether oxygens (including phenoxy) is 1. The number of aliphatic hydroxyl groups excluding tert-OH is 1. The summed E-state index contributed by atoms with van der Waals surface area (Å²) in [7, 11) is 1.49. The molecule has 0 unspecified atom stereocenters. The lowest BCUT2D eigenvalue weighted by atomic mass is 9.83. The summed E-state index contributed by atoms with van der Waals surface area (Å²) >= 11 is 0. The van der Waals surface area contributed by atoms with Crippen LogP contribution in [0, 0.1) is 11.3 Å². The predicted molar refractivity (Wildman–Crippen MR) is 132 cm³/mol. The first-order valence-corrected chi connectivity index (χ1v) is 12.9. The number of carbonyl (C=O) groups is 4. The van der Waals surface area contributed by atoms with E-state index in [1.807, 2.05) is 0 Å². The Morgan fingerprint density at radius 3 is 2.71 bits per heavy atom. The van der Waals surface area contributed by atoms with E-state index < -0.39 is 60.0 Å². The molecule has 9 nitrogen and oxygen atoms in total. The number of nitrogens with one attached hydrogen (secondary N) is 2. The number of amides is 2. The highest BCUT2D eigenvalue weighted by Crippen LogP contribution is 2.66. The summed E-state index contributed by atoms with van der Waals surface area (Å²) in [5.74, 6) is -4.92. The van der Waals surface area contributed by atoms with Gasteiger partial charge in [0.05, 0.1) is 18.6 Å². The third-order valence-electron chi connectivity index (χ3n) is 8.34. The molecule has 2 amide bonds. The Kier molecular flexibility index (Phi) is 6.75. The Morgan fingerprint density at radius 2 is 2.05 bits per heavy atom. The van der Waals surface area contributed by atoms with Crippen LogP contribution in [0.4, 0.5) is 8.78 Å². The molecular formula is C27H31F2N3O6. The number of ketones is 2. The molecule has 1 saturated heterocycles. The second kappa shape index (κ2) is 9.76. The molecule has 2 heterocycles. The van der Waals surface area contributed by atoms with Gasteiger partial charge in [0.2, 0.25) is 5.91 Å². The normalized spacial score (nSPS) is 26.9. The standard InChI is InChI=1S/C27H31F2N3O6/c1-38-23-8-4-6-17-16(23)10-19(30-17)25(37)32-14-26(13-27(26,28)29)11-20(32)24(36)31-18(22(35)12-33)9-15-5-2-3-7-21(15)34/h4,6,8,10,15,18,20,30,33H,2-3,5,7,9,11-14H2,1H3,(H,31,36)/t15-,18-,20-,26-/m0/s1. The quantitative estimate of drug-likeness (QED) is 0.480. The molecule has 1 aromatic heterocycles. The van der Waals surface area contributed by atoms with Crippen LogP contribution in [0.5, 0.6) is 5.75 Å². The molecule has 1 spiro atoms. The van der Waals surface area contributed by atoms with Crippen LogP contribution in [0.15, 0.2) is 24.3 Å². The topological polar surface area (TPSA) is 129 Å². The van der Waals surface area contributed by atoms with Crippen molar-refractivity contribution >= 4 is 34.3 Å². The molecule has 3 N–H and O–H groups in total. The van der Waals surface area contributed by atoms with E-state index in [-0.39, 0.29) is 30.9 Å². The van der Waals surface area contributed by atoms with Crippen LogP contribution in [0.1, 0.15) is 55.4 Å². The third-order valence-corrected chi connectivity index (χ3v) is 8.34. The molecule has 0 radical (unpaired) electrons. The number of halogens is 2. The van der Waals surface area contributed by atoms with Gasteiger partial charge in [-0.25, -0.2) is 8.78 Å². The summed E-state index contributed by atoms with van der Waals surface area (Å²) in [4.78, 5) is 56.0. The van der Waals surface area contributed by atoms with Crippen molar-refractivity contribution in [3.63, 3.8) is 0 Å². The van der Waals surface area contributed by atoms with Gasteiger partial charge in [-0.3, -0.25) is 19.2 Å². The maximum Gasteiger partial charge on any atom is 0.271 e. The van der Waals surface area contributed by atoms with Gasteiger partial charge in [-0.05, 0) is 43.9 Å². The first-order valence-electron chi connectivity index (χ1n) is 12.9. The number of Topliss-reactive ketones (excluding diaryl/α,β-unsaturated/α-hetero) is 2. The fraction of sp³-hybridized carbons (Fsp3) is 0.556. The Hall–Kier alpha value is -3.34. The number of benzene rings is 1. The van der Waals surface area contributed by atoms with E-state index in [0.29, 0.717) is 29.5 Å². The van der Waals surface area contributed by atoms with E-state index >= 15 is 0 Å². The van der Waals surface area contributed by atoms with Crippen LogP contribution >= 0.6 is 0 Å². The number of methoxy groups -OCH3 is 1. The van der Waals surface area contributed by atoms with Gasteiger partial charge in [-0.1, -0.05) is 12.5 Å². The predicted octanol–water partition coefficient (Wildman–Crippen LogP) is 2.61. The SMILES string of the molecule is COc1cccc2[nH]c(C(=O)N3C[C@]4(C[C@H]3C(=O)N[C@@H](C[C@@H]3CCCCC3=O)C(=O)CO)CC4(F)F)cc12. The number of carbonyl (C=O) groups excluding carboxylic acids is 4. The molecule has 1 aliphatic heterocycles. The highest BCUT2D eigenvalue weighted by atomic mass is 19.3. The number of aliphatic hydroxyl groups is 1. The average Bonchev–Trinajstić information content (AvgIpc) is 3.25. The number of aromatic amines is 1. The van der Waals surface area contributed by atoms with Crippen molar-refractivity contribution in [2.24, 2.45) is 11.3 Å². The summed E-state index contributed by atoms with van der Waals surface area (Å²) in [6, 6.07) is 4.40. The molecular weight excluding hydrogens is 500 g/mol. The summed E-state index contributed by atoms with van der Waals surface area (Å²) in [5, 5.41) is 12.7. The molecule has 1 aromatic carbocycles. The molecule has 5 rings (SSSR count). The average molecular weight is 532 g/mol. The van der Waals surface area contributed by atoms with E-state index in [1.54, 1.807) is 24.3 Å². The minimum absolute atomic E-state index is 0.00437. The number of alkyl halides is 2. The maximum absolute atomic E-state index is 14.4. The Balaban J connectivity index is 1.40. The summed E-state index contributed by atoms with van der Waals surface area (Å²) in [6.45, 7) is -1.14. The van der Waals surface area contributed by atoms with E-state index in [2.05, 4.69) is 10.3 Å². The minimum atomic E-state index is -3.00. The molecule has 38 heavy (non-hydrogen) atoms. The molecule has 3 aliphatic rings. The van der Waals surface area contributed by atoms with Crippen molar-refractivity contribution in [2.75, 3.05) is 20.3 Å². The highest BCUT2D eigenvalue weighted by molar-refractivity contribution is 6.02. The van der Waals surface area contributed by atoms with Gasteiger partial charge in [0.1, 0.15) is 29.9 Å². The van der Waals surface area contributed by atoms with Gasteiger partial charge in [0.25, 0.3) is 11.8 Å². The van der Waals surface area contributed by atoms with Crippen molar-refractivity contribution in [3.8, 4) is 5.75 Å². The maximum atomic E-state index is 14.4. The number of nitrogens with zero attached hydrogens (tertiary/aromatic N) is 1. The van der Waals surface area contributed by atoms with E-state index in [1.165, 1.54) is 7.11 Å². The van der Waals surface area contributed by atoms with Crippen molar-refractivity contribution in [2.45, 2.75) is 63.0 Å². The summed E-state index contributed by atoms with van der Waals surface area (Å²) in [5.41, 5.74) is -0.756. The number of H-pyrrole nitrogens is 1. The van der Waals surface area contributed by atoms with Gasteiger partial charge in [-0.2, -0.15) is 0 Å². The molecule has 2 saturated carbocycles. The van der Waals surface area contributed by atoms with Crippen molar-refractivity contribution < 1.29 is 37.8 Å². The number of fused-ring (bicyclic) bond motifs is 1. The molecule has 0 bridgehead atoms. The lowest BCUT2D eigenvalue weighted by Gasteiger charge is -2.28. The molecule has 11 heteroatoms. The molecule has 4 atom stereocenters.